The van der Waals surface area contributed by atoms with E-state index in [2.05, 4.69) is 41.4 Å². The van der Waals surface area contributed by atoms with Crippen LogP contribution in [0.4, 0.5) is 0 Å². The summed E-state index contributed by atoms with van der Waals surface area (Å²) in [5, 5.41) is 4.16. The van der Waals surface area contributed by atoms with Crippen LogP contribution in [0.3, 0.4) is 0 Å². The van der Waals surface area contributed by atoms with Gasteiger partial charge < -0.3 is 18.9 Å². The molecule has 0 aliphatic heterocycles. The first kappa shape index (κ1) is 23.1. The third-order valence-electron chi connectivity index (χ3n) is 4.49. The molecule has 4 rings (SSSR count). The summed E-state index contributed by atoms with van der Waals surface area (Å²) in [6.07, 6.45) is 0. The second kappa shape index (κ2) is 9.86. The molecule has 3 aromatic carbocycles. The lowest BCUT2D eigenvalue weighted by atomic mass is 10.2. The molecule has 0 atom stereocenters. The Hall–Kier alpha value is -3.02. The minimum atomic E-state index is -0.445. The van der Waals surface area contributed by atoms with E-state index in [1.165, 1.54) is 25.8 Å². The number of methoxy groups -OCH3 is 2. The fourth-order valence-electron chi connectivity index (χ4n) is 2.86. The van der Waals surface area contributed by atoms with Crippen molar-refractivity contribution in [2.45, 2.75) is 0 Å². The number of benzene rings is 3. The van der Waals surface area contributed by atoms with Gasteiger partial charge >= 0.3 is 11.9 Å². The Bertz CT molecular complexity index is 1240. The van der Waals surface area contributed by atoms with E-state index in [1.807, 2.05) is 0 Å². The predicted octanol–water partition coefficient (Wildman–Crippen LogP) is 6.37. The van der Waals surface area contributed by atoms with Gasteiger partial charge in [0.05, 0.1) is 39.0 Å². The summed E-state index contributed by atoms with van der Waals surface area (Å²) >= 11 is 8.32. The molecule has 0 amide bonds. The fraction of sp³-hybridized carbons (Fsp3) is 0.0909. The van der Waals surface area contributed by atoms with Crippen LogP contribution in [0.1, 0.15) is 20.7 Å². The number of hydrogen-bond donors (Lipinski definition) is 0. The average molecular weight is 594 g/mol. The summed E-state index contributed by atoms with van der Waals surface area (Å²) in [5.74, 6) is 0.775. The normalized spacial score (nSPS) is 10.7. The number of fused-ring (bicyclic) bond motifs is 1. The van der Waals surface area contributed by atoms with Crippen molar-refractivity contribution in [1.82, 2.24) is 9.59 Å². The number of rotatable bonds is 6. The summed E-state index contributed by atoms with van der Waals surface area (Å²) in [5.41, 5.74) is 1.39. The molecule has 0 saturated carbocycles. The standard InChI is InChI=1S/C22H14Br2N2O6S/c1-29-21(27)11-3-7-13(8-4-11)31-18-15(23)17-20(33-26-25-17)16(24)19(18)32-14-9-5-12(6-10-14)22(28)30-2/h3-10H,1-2H3. The van der Waals surface area contributed by atoms with Crippen molar-refractivity contribution < 1.29 is 28.5 Å². The van der Waals surface area contributed by atoms with Gasteiger partial charge in [-0.05, 0) is 91.9 Å². The van der Waals surface area contributed by atoms with Gasteiger partial charge in [-0.15, -0.1) is 5.10 Å². The van der Waals surface area contributed by atoms with Crippen LogP contribution in [-0.2, 0) is 9.47 Å². The highest BCUT2D eigenvalue weighted by atomic mass is 79.9. The van der Waals surface area contributed by atoms with Crippen molar-refractivity contribution >= 4 is 65.5 Å². The van der Waals surface area contributed by atoms with Gasteiger partial charge in [-0.25, -0.2) is 9.59 Å². The Kier molecular flexibility index (Phi) is 6.91. The molecular formula is C22H14Br2N2O6S. The molecule has 1 aromatic heterocycles. The quantitative estimate of drug-likeness (QED) is 0.238. The van der Waals surface area contributed by atoms with Crippen molar-refractivity contribution in [2.75, 3.05) is 14.2 Å². The first-order valence-electron chi connectivity index (χ1n) is 9.28. The van der Waals surface area contributed by atoms with Crippen LogP contribution in [0, 0.1) is 0 Å². The van der Waals surface area contributed by atoms with Gasteiger partial charge in [0.25, 0.3) is 0 Å². The molecule has 0 aliphatic carbocycles. The maximum absolute atomic E-state index is 11.7. The van der Waals surface area contributed by atoms with Crippen LogP contribution in [-0.4, -0.2) is 35.7 Å². The van der Waals surface area contributed by atoms with Crippen LogP contribution in [0.2, 0.25) is 0 Å². The number of nitrogens with zero attached hydrogens (tertiary/aromatic N) is 2. The SMILES string of the molecule is COC(=O)c1ccc(Oc2c(Oc3ccc(C(=O)OC)cc3)c(Br)c3snnc3c2Br)cc1. The van der Waals surface area contributed by atoms with E-state index in [0.717, 1.165) is 4.70 Å². The molecule has 0 unspecified atom stereocenters. The lowest BCUT2D eigenvalue weighted by Crippen LogP contribution is -2.01. The third-order valence-corrected chi connectivity index (χ3v) is 6.99. The fourth-order valence-corrected chi connectivity index (χ4v) is 4.80. The Balaban J connectivity index is 1.74. The number of carbonyl (C=O) groups is 2. The van der Waals surface area contributed by atoms with Crippen LogP contribution in [0.25, 0.3) is 10.2 Å². The Morgan fingerprint density at radius 1 is 0.758 bits per heavy atom. The zero-order chi connectivity index (χ0) is 23.5. The number of halogens is 2. The molecular weight excluding hydrogens is 580 g/mol. The number of esters is 2. The molecule has 0 N–H and O–H groups in total. The Morgan fingerprint density at radius 2 is 1.21 bits per heavy atom. The maximum atomic E-state index is 11.7. The Morgan fingerprint density at radius 3 is 1.67 bits per heavy atom. The zero-order valence-corrected chi connectivity index (χ0v) is 21.1. The number of aromatic nitrogens is 2. The Labute approximate surface area is 208 Å². The molecule has 168 valence electrons. The largest absolute Gasteiger partial charge is 0.465 e. The van der Waals surface area contributed by atoms with E-state index in [1.54, 1.807) is 48.5 Å². The molecule has 0 radical (unpaired) electrons. The molecule has 0 bridgehead atoms. The van der Waals surface area contributed by atoms with E-state index in [-0.39, 0.29) is 0 Å². The topological polar surface area (TPSA) is 96.8 Å². The van der Waals surface area contributed by atoms with Crippen molar-refractivity contribution in [3.63, 3.8) is 0 Å². The summed E-state index contributed by atoms with van der Waals surface area (Å²) in [6, 6.07) is 13.0. The average Bonchev–Trinajstić information content (AvgIpc) is 3.35. The molecule has 0 saturated heterocycles. The molecule has 33 heavy (non-hydrogen) atoms. The smallest absolute Gasteiger partial charge is 0.337 e. The second-order valence-corrected chi connectivity index (χ2v) is 8.81. The first-order chi connectivity index (χ1) is 15.9. The maximum Gasteiger partial charge on any atom is 0.337 e. The van der Waals surface area contributed by atoms with E-state index >= 15 is 0 Å². The highest BCUT2D eigenvalue weighted by molar-refractivity contribution is 9.11. The second-order valence-electron chi connectivity index (χ2n) is 6.47. The van der Waals surface area contributed by atoms with Crippen molar-refractivity contribution in [2.24, 2.45) is 0 Å². The third kappa shape index (κ3) is 4.70. The van der Waals surface area contributed by atoms with Crippen LogP contribution in [0.5, 0.6) is 23.0 Å². The molecule has 0 spiro atoms. The molecule has 4 aromatic rings. The number of hydrogen-bond acceptors (Lipinski definition) is 9. The van der Waals surface area contributed by atoms with Crippen LogP contribution < -0.4 is 9.47 Å². The van der Waals surface area contributed by atoms with Crippen LogP contribution in [0.15, 0.2) is 57.5 Å². The molecule has 11 heteroatoms. The molecule has 0 fully saturated rings. The highest BCUT2D eigenvalue weighted by Crippen LogP contribution is 2.50. The van der Waals surface area contributed by atoms with Gasteiger partial charge in [0.15, 0.2) is 11.5 Å². The van der Waals surface area contributed by atoms with E-state index in [4.69, 9.17) is 18.9 Å². The molecule has 0 aliphatic rings. The summed E-state index contributed by atoms with van der Waals surface area (Å²) in [6.45, 7) is 0. The summed E-state index contributed by atoms with van der Waals surface area (Å²) in [7, 11) is 2.64. The molecule has 8 nitrogen and oxygen atoms in total. The van der Waals surface area contributed by atoms with E-state index in [0.29, 0.717) is 48.6 Å². The monoisotopic (exact) mass is 592 g/mol. The summed E-state index contributed by atoms with van der Waals surface area (Å²) < 4.78 is 27.7. The first-order valence-corrected chi connectivity index (χ1v) is 11.6. The van der Waals surface area contributed by atoms with E-state index < -0.39 is 11.9 Å². The highest BCUT2D eigenvalue weighted by Gasteiger charge is 2.24. The van der Waals surface area contributed by atoms with Gasteiger partial charge in [-0.1, -0.05) is 4.49 Å². The summed E-state index contributed by atoms with van der Waals surface area (Å²) in [4.78, 5) is 23.4. The van der Waals surface area contributed by atoms with Gasteiger partial charge in [-0.2, -0.15) is 0 Å². The zero-order valence-electron chi connectivity index (χ0n) is 17.1. The molecule has 1 heterocycles. The van der Waals surface area contributed by atoms with E-state index in [9.17, 15) is 9.59 Å². The van der Waals surface area contributed by atoms with Crippen molar-refractivity contribution in [3.05, 3.63) is 68.6 Å². The van der Waals surface area contributed by atoms with Gasteiger partial charge in [-0.3, -0.25) is 0 Å². The number of carbonyl (C=O) groups excluding carboxylic acids is 2. The van der Waals surface area contributed by atoms with Crippen molar-refractivity contribution in [3.8, 4) is 23.0 Å². The van der Waals surface area contributed by atoms with Gasteiger partial charge in [0, 0.05) is 0 Å². The lowest BCUT2D eigenvalue weighted by molar-refractivity contribution is 0.0592. The van der Waals surface area contributed by atoms with Crippen molar-refractivity contribution in [1.29, 1.82) is 0 Å². The minimum Gasteiger partial charge on any atom is -0.465 e. The predicted molar refractivity (Wildman–Crippen MR) is 129 cm³/mol. The van der Waals surface area contributed by atoms with Crippen LogP contribution >= 0.6 is 43.4 Å². The lowest BCUT2D eigenvalue weighted by Gasteiger charge is -2.16. The van der Waals surface area contributed by atoms with Gasteiger partial charge in [0.1, 0.15) is 17.0 Å². The number of ether oxygens (including phenoxy) is 4. The minimum absolute atomic E-state index is 0.352. The van der Waals surface area contributed by atoms with Gasteiger partial charge in [0.2, 0.25) is 0 Å².